The molecule has 2 rings (SSSR count). The van der Waals surface area contributed by atoms with E-state index in [1.807, 2.05) is 11.8 Å². The number of unbranched alkanes of at least 4 members (excludes halogenated alkanes) is 3. The molecule has 22 heavy (non-hydrogen) atoms. The second kappa shape index (κ2) is 10.7. The fraction of sp³-hybridized carbons (Fsp3) is 0.867. The summed E-state index contributed by atoms with van der Waals surface area (Å²) in [6, 6.07) is 0.440. The molecule has 6 nitrogen and oxygen atoms in total. The lowest BCUT2D eigenvalue weighted by Crippen LogP contribution is -2.36. The molecule has 0 spiro atoms. The van der Waals surface area contributed by atoms with Crippen molar-refractivity contribution < 1.29 is 14.7 Å². The maximum absolute atomic E-state index is 11.1. The molecule has 3 atom stereocenters. The molecular formula is C15H29N3O3S. The molecule has 2 saturated heterocycles. The Bertz CT molecular complexity index is 351. The van der Waals surface area contributed by atoms with Gasteiger partial charge in [0.25, 0.3) is 0 Å². The Labute approximate surface area is 137 Å². The molecule has 7 heteroatoms. The summed E-state index contributed by atoms with van der Waals surface area (Å²) < 4.78 is 0. The van der Waals surface area contributed by atoms with E-state index in [4.69, 9.17) is 10.8 Å². The van der Waals surface area contributed by atoms with E-state index in [1.165, 1.54) is 19.3 Å². The van der Waals surface area contributed by atoms with Gasteiger partial charge in [0, 0.05) is 17.4 Å². The Morgan fingerprint density at radius 3 is 2.68 bits per heavy atom. The van der Waals surface area contributed by atoms with Gasteiger partial charge >= 0.3 is 12.0 Å². The summed E-state index contributed by atoms with van der Waals surface area (Å²) in [5.74, 6) is 0.236. The number of rotatable bonds is 8. The number of carbonyl (C=O) groups excluding carboxylic acids is 1. The van der Waals surface area contributed by atoms with Crippen molar-refractivity contribution in [3.8, 4) is 0 Å². The van der Waals surface area contributed by atoms with Crippen LogP contribution in [0.15, 0.2) is 0 Å². The molecule has 0 unspecified atom stereocenters. The Morgan fingerprint density at radius 2 is 2.09 bits per heavy atom. The van der Waals surface area contributed by atoms with Gasteiger partial charge in [-0.1, -0.05) is 26.2 Å². The van der Waals surface area contributed by atoms with Gasteiger partial charge in [0.15, 0.2) is 0 Å². The monoisotopic (exact) mass is 331 g/mol. The van der Waals surface area contributed by atoms with Gasteiger partial charge in [0.2, 0.25) is 0 Å². The zero-order valence-electron chi connectivity index (χ0n) is 13.3. The van der Waals surface area contributed by atoms with Crippen molar-refractivity contribution in [2.45, 2.75) is 69.2 Å². The van der Waals surface area contributed by atoms with Crippen LogP contribution in [0.25, 0.3) is 0 Å². The minimum atomic E-state index is -0.729. The molecule has 0 aromatic heterocycles. The molecule has 0 radical (unpaired) electrons. The largest absolute Gasteiger partial charge is 0.481 e. The summed E-state index contributed by atoms with van der Waals surface area (Å²) in [7, 11) is 0. The van der Waals surface area contributed by atoms with E-state index in [1.54, 1.807) is 0 Å². The van der Waals surface area contributed by atoms with Gasteiger partial charge in [-0.15, -0.1) is 0 Å². The molecule has 0 bridgehead atoms. The van der Waals surface area contributed by atoms with E-state index < -0.39 is 5.97 Å². The number of carbonyl (C=O) groups is 2. The van der Waals surface area contributed by atoms with Crippen LogP contribution < -0.4 is 16.4 Å². The number of amides is 2. The van der Waals surface area contributed by atoms with Crippen molar-refractivity contribution in [1.82, 2.24) is 10.6 Å². The number of fused-ring (bicyclic) bond motifs is 1. The normalized spacial score (nSPS) is 25.7. The molecule has 0 saturated carbocycles. The van der Waals surface area contributed by atoms with Crippen molar-refractivity contribution in [2.24, 2.45) is 5.73 Å². The summed E-state index contributed by atoms with van der Waals surface area (Å²) in [6.07, 6.45) is 6.63. The lowest BCUT2D eigenvalue weighted by atomic mass is 10.0. The van der Waals surface area contributed by atoms with E-state index in [0.29, 0.717) is 5.25 Å². The minimum absolute atomic E-state index is 0.0640. The van der Waals surface area contributed by atoms with Crippen molar-refractivity contribution >= 4 is 23.8 Å². The fourth-order valence-electron chi connectivity index (χ4n) is 2.66. The molecular weight excluding hydrogens is 302 g/mol. The first-order valence-electron chi connectivity index (χ1n) is 8.19. The number of carboxylic acid groups (broad SMARTS) is 1. The molecule has 2 heterocycles. The van der Waals surface area contributed by atoms with E-state index in [0.717, 1.165) is 31.6 Å². The number of thioether (sulfide) groups is 1. The lowest BCUT2D eigenvalue weighted by Gasteiger charge is -2.16. The van der Waals surface area contributed by atoms with Crippen LogP contribution in [-0.4, -0.2) is 46.7 Å². The van der Waals surface area contributed by atoms with Gasteiger partial charge in [0.05, 0.1) is 12.1 Å². The van der Waals surface area contributed by atoms with Crippen molar-refractivity contribution in [3.63, 3.8) is 0 Å². The maximum Gasteiger partial charge on any atom is 0.315 e. The highest BCUT2D eigenvalue weighted by molar-refractivity contribution is 8.00. The summed E-state index contributed by atoms with van der Waals surface area (Å²) >= 11 is 1.87. The minimum Gasteiger partial charge on any atom is -0.481 e. The van der Waals surface area contributed by atoms with Gasteiger partial charge in [-0.25, -0.2) is 4.79 Å². The third kappa shape index (κ3) is 6.87. The summed E-state index contributed by atoms with van der Waals surface area (Å²) in [4.78, 5) is 21.5. The van der Waals surface area contributed by atoms with Gasteiger partial charge in [-0.2, -0.15) is 11.8 Å². The molecule has 2 amide bonds. The van der Waals surface area contributed by atoms with Crippen LogP contribution in [0, 0.1) is 0 Å². The topological polar surface area (TPSA) is 104 Å². The van der Waals surface area contributed by atoms with Crippen LogP contribution in [0.4, 0.5) is 4.79 Å². The predicted molar refractivity (Wildman–Crippen MR) is 90.2 cm³/mol. The van der Waals surface area contributed by atoms with Gasteiger partial charge in [-0.3, -0.25) is 4.79 Å². The molecule has 2 fully saturated rings. The first-order valence-corrected chi connectivity index (χ1v) is 9.23. The van der Waals surface area contributed by atoms with Crippen LogP contribution in [0.2, 0.25) is 0 Å². The second-order valence-electron chi connectivity index (χ2n) is 5.76. The molecule has 0 aromatic rings. The molecule has 0 aliphatic carbocycles. The SMILES string of the molecule is CCCCCN.O=C(O)CCCC[C@@H]1SC[C@@H]2NC(=O)N[C@@H]21. The Balaban J connectivity index is 0.000000346. The molecule has 128 valence electrons. The molecule has 2 aliphatic heterocycles. The summed E-state index contributed by atoms with van der Waals surface area (Å²) in [5.41, 5.74) is 5.21. The number of urea groups is 1. The number of hydrogen-bond donors (Lipinski definition) is 4. The quantitative estimate of drug-likeness (QED) is 0.402. The van der Waals surface area contributed by atoms with Crippen molar-refractivity contribution in [2.75, 3.05) is 12.3 Å². The predicted octanol–water partition coefficient (Wildman–Crippen LogP) is 1.93. The third-order valence-corrected chi connectivity index (χ3v) is 5.38. The molecule has 5 N–H and O–H groups in total. The lowest BCUT2D eigenvalue weighted by molar-refractivity contribution is -0.137. The number of aliphatic carboxylic acids is 1. The van der Waals surface area contributed by atoms with Gasteiger partial charge in [0.1, 0.15) is 0 Å². The second-order valence-corrected chi connectivity index (χ2v) is 7.03. The zero-order valence-corrected chi connectivity index (χ0v) is 14.2. The summed E-state index contributed by atoms with van der Waals surface area (Å²) in [5, 5.41) is 14.8. The van der Waals surface area contributed by atoms with Crippen LogP contribution in [0.3, 0.4) is 0 Å². The third-order valence-electron chi connectivity index (χ3n) is 3.88. The Hall–Kier alpha value is -0.950. The van der Waals surface area contributed by atoms with E-state index in [9.17, 15) is 9.59 Å². The van der Waals surface area contributed by atoms with Crippen LogP contribution in [0.5, 0.6) is 0 Å². The highest BCUT2D eigenvalue weighted by Crippen LogP contribution is 2.33. The highest BCUT2D eigenvalue weighted by atomic mass is 32.2. The van der Waals surface area contributed by atoms with Gasteiger partial charge < -0.3 is 21.5 Å². The summed E-state index contributed by atoms with van der Waals surface area (Å²) in [6.45, 7) is 3.03. The first-order chi connectivity index (χ1) is 10.6. The number of hydrogen-bond acceptors (Lipinski definition) is 4. The van der Waals surface area contributed by atoms with E-state index in [2.05, 4.69) is 17.6 Å². The number of carboxylic acids is 1. The van der Waals surface area contributed by atoms with Crippen molar-refractivity contribution in [3.05, 3.63) is 0 Å². The van der Waals surface area contributed by atoms with Crippen LogP contribution in [-0.2, 0) is 4.79 Å². The average molecular weight is 331 g/mol. The Morgan fingerprint density at radius 1 is 1.32 bits per heavy atom. The smallest absolute Gasteiger partial charge is 0.315 e. The molecule has 2 aliphatic rings. The van der Waals surface area contributed by atoms with Crippen LogP contribution in [0.1, 0.15) is 51.9 Å². The first kappa shape index (κ1) is 19.1. The number of nitrogens with one attached hydrogen (secondary N) is 2. The molecule has 0 aromatic carbocycles. The van der Waals surface area contributed by atoms with E-state index in [-0.39, 0.29) is 24.5 Å². The standard InChI is InChI=1S/C10H16N2O3S.C5H13N/c13-8(14)4-2-1-3-7-9-6(5-16-7)11-10(15)12-9;1-2-3-4-5-6/h6-7,9H,1-5H2,(H,13,14)(H2,11,12,15);2-6H2,1H3/t6-,7-,9-;/m0./s1. The maximum atomic E-state index is 11.1. The van der Waals surface area contributed by atoms with Gasteiger partial charge in [-0.05, 0) is 25.8 Å². The van der Waals surface area contributed by atoms with Crippen LogP contribution >= 0.6 is 11.8 Å². The fourth-order valence-corrected chi connectivity index (χ4v) is 4.20. The highest BCUT2D eigenvalue weighted by Gasteiger charge is 2.42. The van der Waals surface area contributed by atoms with Crippen molar-refractivity contribution in [1.29, 1.82) is 0 Å². The van der Waals surface area contributed by atoms with E-state index >= 15 is 0 Å². The zero-order chi connectivity index (χ0) is 16.4. The Kier molecular flexibility index (Phi) is 9.31. The number of nitrogens with two attached hydrogens (primary N) is 1. The average Bonchev–Trinajstić information content (AvgIpc) is 3.01.